The first kappa shape index (κ1) is 20.4. The molecule has 0 fully saturated rings. The molecule has 3 aromatic heterocycles. The number of furan rings is 1. The zero-order valence-electron chi connectivity index (χ0n) is 27.1. The summed E-state index contributed by atoms with van der Waals surface area (Å²) in [5, 5.41) is 2.10. The van der Waals surface area contributed by atoms with Crippen molar-refractivity contribution < 1.29 is 32.7 Å². The second kappa shape index (κ2) is 12.3. The van der Waals surface area contributed by atoms with Crippen molar-refractivity contribution in [3.8, 4) is 22.5 Å². The van der Waals surface area contributed by atoms with E-state index in [-0.39, 0.29) is 31.2 Å². The zero-order chi connectivity index (χ0) is 30.8. The van der Waals surface area contributed by atoms with Crippen LogP contribution in [-0.2, 0) is 26.5 Å². The van der Waals surface area contributed by atoms with E-state index >= 15 is 0 Å². The summed E-state index contributed by atoms with van der Waals surface area (Å²) in [6.45, 7) is 0.131. The molecule has 0 N–H and O–H groups in total. The summed E-state index contributed by atoms with van der Waals surface area (Å²) in [6.07, 6.45) is 3.74. The molecule has 3 nitrogen and oxygen atoms in total. The summed E-state index contributed by atoms with van der Waals surface area (Å²) in [6, 6.07) is 30.4. The predicted molar refractivity (Wildman–Crippen MR) is 152 cm³/mol. The van der Waals surface area contributed by atoms with Crippen LogP contribution in [0.25, 0.3) is 44.5 Å². The molecule has 0 aliphatic rings. The summed E-state index contributed by atoms with van der Waals surface area (Å²) in [5.41, 5.74) is 6.30. The Kier molecular flexibility index (Phi) is 6.60. The number of aryl methyl sites for hydroxylation is 2. The number of hydrogen-bond donors (Lipinski definition) is 0. The van der Waals surface area contributed by atoms with Gasteiger partial charge in [-0.3, -0.25) is 0 Å². The van der Waals surface area contributed by atoms with E-state index in [2.05, 4.69) is 54.1 Å². The van der Waals surface area contributed by atoms with Gasteiger partial charge < -0.3 is 14.4 Å². The molecule has 6 rings (SSSR count). The van der Waals surface area contributed by atoms with E-state index in [9.17, 15) is 0 Å². The molecule has 0 atom stereocenters. The van der Waals surface area contributed by atoms with Gasteiger partial charge in [0.15, 0.2) is 0 Å². The first-order chi connectivity index (χ1) is 20.4. The minimum atomic E-state index is -2.16. The van der Waals surface area contributed by atoms with E-state index in [1.54, 1.807) is 30.3 Å². The molecule has 0 unspecified atom stereocenters. The summed E-state index contributed by atoms with van der Waals surface area (Å²) in [5.74, 6) is 0.531. The molecule has 0 bridgehead atoms. The van der Waals surface area contributed by atoms with E-state index < -0.39 is 13.7 Å². The monoisotopic (exact) mass is 681 g/mol. The molecule has 3 heterocycles. The largest absolute Gasteiger partial charge is 0.500 e. The molecule has 0 aliphatic heterocycles. The third-order valence-corrected chi connectivity index (χ3v) is 5.94. The standard InChI is InChI=1S/C22H20NO.C12H10N.Ir/c1-14(2)12-16-6-4-7-17-18-8-5-9-19(22(18)24-21(16)17)20-11-10-15(3)13-23-20;1-10-7-8-12(13-9-10)11-5-3-2-4-6-11;/h4-8,10-11,13-14H,12H2,1-3H3;2-5,7-9H,1H3;/q2*-1;/i3D3;1D3;. The summed E-state index contributed by atoms with van der Waals surface area (Å²) in [7, 11) is 0. The van der Waals surface area contributed by atoms with Crippen LogP contribution < -0.4 is 0 Å². The third-order valence-electron chi connectivity index (χ3n) is 5.94. The van der Waals surface area contributed by atoms with Gasteiger partial charge >= 0.3 is 0 Å². The number of nitrogens with zero attached hydrogens (tertiary/aromatic N) is 2. The Hall–Kier alpha value is -3.59. The molecular formula is C34H30IrN2O-2. The first-order valence-electron chi connectivity index (χ1n) is 15.2. The molecule has 3 aromatic carbocycles. The first-order valence-corrected chi connectivity index (χ1v) is 12.2. The average Bonchev–Trinajstić information content (AvgIpc) is 3.37. The molecule has 38 heavy (non-hydrogen) atoms. The minimum Gasteiger partial charge on any atom is -0.500 e. The van der Waals surface area contributed by atoms with E-state index in [0.29, 0.717) is 11.6 Å². The summed E-state index contributed by atoms with van der Waals surface area (Å²) < 4.78 is 50.5. The molecule has 0 saturated heterocycles. The van der Waals surface area contributed by atoms with Crippen molar-refractivity contribution in [3.63, 3.8) is 0 Å². The van der Waals surface area contributed by atoms with Crippen molar-refractivity contribution in [2.45, 2.75) is 34.0 Å². The smallest absolute Gasteiger partial charge is 0.124 e. The van der Waals surface area contributed by atoms with Crippen molar-refractivity contribution in [3.05, 3.63) is 120 Å². The van der Waals surface area contributed by atoms with Crippen LogP contribution in [0, 0.1) is 31.8 Å². The van der Waals surface area contributed by atoms with Gasteiger partial charge in [-0.1, -0.05) is 67.3 Å². The van der Waals surface area contributed by atoms with Crippen molar-refractivity contribution in [1.29, 1.82) is 0 Å². The van der Waals surface area contributed by atoms with Crippen LogP contribution >= 0.6 is 0 Å². The van der Waals surface area contributed by atoms with E-state index in [4.69, 9.17) is 12.6 Å². The predicted octanol–water partition coefficient (Wildman–Crippen LogP) is 8.81. The fourth-order valence-electron chi connectivity index (χ4n) is 4.26. The Morgan fingerprint density at radius 1 is 0.763 bits per heavy atom. The molecule has 0 amide bonds. The molecule has 6 aromatic rings. The molecule has 193 valence electrons. The number of benzene rings is 3. The van der Waals surface area contributed by atoms with Crippen molar-refractivity contribution in [1.82, 2.24) is 9.97 Å². The van der Waals surface area contributed by atoms with Gasteiger partial charge in [0.2, 0.25) is 0 Å². The van der Waals surface area contributed by atoms with Gasteiger partial charge in [0.05, 0.1) is 5.58 Å². The van der Waals surface area contributed by atoms with Crippen molar-refractivity contribution in [2.75, 3.05) is 0 Å². The molecule has 1 radical (unpaired) electrons. The fraction of sp³-hybridized carbons (Fsp3) is 0.176. The summed E-state index contributed by atoms with van der Waals surface area (Å²) >= 11 is 0. The summed E-state index contributed by atoms with van der Waals surface area (Å²) in [4.78, 5) is 8.48. The Labute approximate surface area is 246 Å². The molecule has 0 spiro atoms. The maximum Gasteiger partial charge on any atom is 0.124 e. The quantitative estimate of drug-likeness (QED) is 0.175. The number of rotatable bonds is 4. The van der Waals surface area contributed by atoms with Crippen LogP contribution in [-0.4, -0.2) is 9.97 Å². The van der Waals surface area contributed by atoms with E-state index in [1.165, 1.54) is 18.0 Å². The van der Waals surface area contributed by atoms with Crippen molar-refractivity contribution in [2.24, 2.45) is 5.92 Å². The SMILES string of the molecule is [2H]C([2H])([2H])c1ccc(-c2[c-]ccc3c2oc2c(CC(C)C)cccc23)nc1.[2H]C([2H])([2H])c1ccc(-c2[c-]cccc2)nc1.[Ir]. The normalized spacial score (nSPS) is 13.8. The van der Waals surface area contributed by atoms with Crippen LogP contribution in [0.4, 0.5) is 0 Å². The van der Waals surface area contributed by atoms with Gasteiger partial charge in [0, 0.05) is 46.1 Å². The van der Waals surface area contributed by atoms with Gasteiger partial charge in [0.25, 0.3) is 0 Å². The topological polar surface area (TPSA) is 38.9 Å². The maximum atomic E-state index is 7.50. The number of para-hydroxylation sites is 1. The number of hydrogen-bond acceptors (Lipinski definition) is 3. The maximum absolute atomic E-state index is 7.50. The fourth-order valence-corrected chi connectivity index (χ4v) is 4.26. The van der Waals surface area contributed by atoms with Gasteiger partial charge in [-0.05, 0) is 54.1 Å². The van der Waals surface area contributed by atoms with Crippen molar-refractivity contribution >= 4 is 21.9 Å². The number of aromatic nitrogens is 2. The van der Waals surface area contributed by atoms with E-state index in [1.807, 2.05) is 30.3 Å². The molecule has 4 heteroatoms. The Morgan fingerprint density at radius 2 is 1.50 bits per heavy atom. The van der Waals surface area contributed by atoms with Crippen LogP contribution in [0.2, 0.25) is 0 Å². The number of pyridine rings is 2. The van der Waals surface area contributed by atoms with Gasteiger partial charge in [-0.25, -0.2) is 0 Å². The number of fused-ring (bicyclic) bond motifs is 3. The van der Waals surface area contributed by atoms with Crippen LogP contribution in [0.5, 0.6) is 0 Å². The van der Waals surface area contributed by atoms with Gasteiger partial charge in [-0.2, -0.15) is 0 Å². The Balaban J connectivity index is 0.000000223. The minimum absolute atomic E-state index is 0. The van der Waals surface area contributed by atoms with Crippen LogP contribution in [0.1, 0.15) is 38.8 Å². The molecular weight excluding hydrogens is 645 g/mol. The van der Waals surface area contributed by atoms with Crippen LogP contribution in [0.3, 0.4) is 0 Å². The second-order valence-electron chi connectivity index (χ2n) is 9.23. The Bertz CT molecular complexity index is 1830. The molecule has 0 saturated carbocycles. The third kappa shape index (κ3) is 6.10. The van der Waals surface area contributed by atoms with Gasteiger partial charge in [-0.15, -0.1) is 54.1 Å². The van der Waals surface area contributed by atoms with Gasteiger partial charge in [0.1, 0.15) is 5.58 Å². The average molecular weight is 681 g/mol. The zero-order valence-corrected chi connectivity index (χ0v) is 23.5. The van der Waals surface area contributed by atoms with Crippen LogP contribution in [0.15, 0.2) is 95.7 Å². The molecule has 0 aliphatic carbocycles. The Morgan fingerprint density at radius 3 is 2.13 bits per heavy atom. The second-order valence-corrected chi connectivity index (χ2v) is 9.23. The van der Waals surface area contributed by atoms with E-state index in [0.717, 1.165) is 45.2 Å².